The normalized spacial score (nSPS) is 22.5. The van der Waals surface area contributed by atoms with Crippen LogP contribution in [0.15, 0.2) is 58.3 Å². The Bertz CT molecular complexity index is 1500. The molecule has 3 amide bonds. The third kappa shape index (κ3) is 5.01. The van der Waals surface area contributed by atoms with Crippen LogP contribution in [0.5, 0.6) is 0 Å². The maximum Gasteiger partial charge on any atom is 0.330 e. The summed E-state index contributed by atoms with van der Waals surface area (Å²) in [6.07, 6.45) is -0.661. The van der Waals surface area contributed by atoms with Gasteiger partial charge in [-0.2, -0.15) is 0 Å². The van der Waals surface area contributed by atoms with Gasteiger partial charge in [-0.1, -0.05) is 30.7 Å². The number of rotatable bonds is 9. The summed E-state index contributed by atoms with van der Waals surface area (Å²) in [4.78, 5) is 65.6. The molecule has 3 heterocycles. The lowest BCUT2D eigenvalue weighted by Gasteiger charge is -2.27. The van der Waals surface area contributed by atoms with E-state index in [9.17, 15) is 34.2 Å². The number of hydrogen-bond acceptors (Lipinski definition) is 8. The van der Waals surface area contributed by atoms with E-state index in [-0.39, 0.29) is 24.8 Å². The van der Waals surface area contributed by atoms with Crippen LogP contribution in [0.25, 0.3) is 10.8 Å². The highest BCUT2D eigenvalue weighted by atomic mass is 16.5. The van der Waals surface area contributed by atoms with Crippen molar-refractivity contribution in [1.29, 1.82) is 0 Å². The molecule has 0 bridgehead atoms. The minimum Gasteiger partial charge on any atom is -0.394 e. The van der Waals surface area contributed by atoms with E-state index >= 15 is 0 Å². The number of hydrogen-bond donors (Lipinski definition) is 4. The van der Waals surface area contributed by atoms with Gasteiger partial charge < -0.3 is 20.3 Å². The van der Waals surface area contributed by atoms with Crippen LogP contribution < -0.4 is 16.6 Å². The molecule has 2 aromatic carbocycles. The van der Waals surface area contributed by atoms with Crippen molar-refractivity contribution in [3.05, 3.63) is 80.6 Å². The van der Waals surface area contributed by atoms with Crippen LogP contribution in [0, 0.1) is 0 Å². The quantitative estimate of drug-likeness (QED) is 0.223. The molecule has 0 saturated carbocycles. The summed E-state index contributed by atoms with van der Waals surface area (Å²) in [6, 6.07) is 10.8. The third-order valence-corrected chi connectivity index (χ3v) is 7.14. The van der Waals surface area contributed by atoms with Crippen LogP contribution in [0.3, 0.4) is 0 Å². The Morgan fingerprint density at radius 3 is 2.31 bits per heavy atom. The van der Waals surface area contributed by atoms with Crippen molar-refractivity contribution in [2.45, 2.75) is 50.2 Å². The fourth-order valence-electron chi connectivity index (χ4n) is 5.19. The Kier molecular flexibility index (Phi) is 7.42. The van der Waals surface area contributed by atoms with Gasteiger partial charge in [-0.25, -0.2) is 4.79 Å². The largest absolute Gasteiger partial charge is 0.394 e. The Morgan fingerprint density at radius 1 is 0.974 bits per heavy atom. The summed E-state index contributed by atoms with van der Waals surface area (Å²) < 4.78 is 6.61. The molecule has 12 nitrogen and oxygen atoms in total. The molecular weight excluding hydrogens is 508 g/mol. The standard InChI is InChI=1S/C27H28N4O8/c32-14-18-23(35)22(26(39-18)31-13-11-20(34)29-27(31)38)28-19(33)10-2-1-3-12-30-24(36)16-8-4-6-15-7-5-9-17(21(15)16)25(30)37/h4-9,11,13,18,22-23,26,32,35H,1-3,10,12,14H2,(H,28,33)(H,29,34,38)/t18-,22-,23-,26-/m1/s1. The van der Waals surface area contributed by atoms with Gasteiger partial charge in [0.15, 0.2) is 6.23 Å². The number of unbranched alkanes of at least 4 members (excludes halogenated alkanes) is 2. The molecule has 1 aromatic heterocycles. The predicted octanol–water partition coefficient (Wildman–Crippen LogP) is 0.282. The summed E-state index contributed by atoms with van der Waals surface area (Å²) in [5.41, 5.74) is -0.394. The summed E-state index contributed by atoms with van der Waals surface area (Å²) in [6.45, 7) is -0.316. The highest BCUT2D eigenvalue weighted by Crippen LogP contribution is 2.30. The molecule has 2 aliphatic heterocycles. The molecule has 5 rings (SSSR count). The molecule has 0 radical (unpaired) electrons. The van der Waals surface area contributed by atoms with E-state index in [0.717, 1.165) is 16.0 Å². The van der Waals surface area contributed by atoms with Crippen molar-refractivity contribution < 1.29 is 29.3 Å². The number of aliphatic hydroxyl groups excluding tert-OH is 2. The molecule has 39 heavy (non-hydrogen) atoms. The average molecular weight is 537 g/mol. The zero-order chi connectivity index (χ0) is 27.7. The first-order valence-corrected chi connectivity index (χ1v) is 12.7. The lowest BCUT2D eigenvalue weighted by molar-refractivity contribution is -0.123. The maximum atomic E-state index is 13.0. The van der Waals surface area contributed by atoms with Gasteiger partial charge in [-0.05, 0) is 30.4 Å². The highest BCUT2D eigenvalue weighted by Gasteiger charge is 2.45. The lowest BCUT2D eigenvalue weighted by atomic mass is 9.94. The first-order chi connectivity index (χ1) is 18.8. The number of carbonyl (C=O) groups excluding carboxylic acids is 3. The number of ether oxygens (including phenoxy) is 1. The SMILES string of the molecule is O=C(CCCCCN1C(=O)c2cccc3cccc(c23)C1=O)N[C@@H]1[C@H](O)[C@@H](CO)O[C@H]1n1ccc(=O)[nH]c1=O. The molecule has 0 spiro atoms. The number of amides is 3. The second kappa shape index (κ2) is 10.9. The van der Waals surface area contributed by atoms with Crippen LogP contribution >= 0.6 is 0 Å². The van der Waals surface area contributed by atoms with E-state index in [1.807, 2.05) is 12.1 Å². The Labute approximate surface area is 221 Å². The minimum absolute atomic E-state index is 0.0876. The molecule has 0 unspecified atom stereocenters. The number of aromatic nitrogens is 2. The average Bonchev–Trinajstić information content (AvgIpc) is 3.23. The first-order valence-electron chi connectivity index (χ1n) is 12.7. The topological polar surface area (TPSA) is 171 Å². The molecule has 1 fully saturated rings. The summed E-state index contributed by atoms with van der Waals surface area (Å²) in [7, 11) is 0. The van der Waals surface area contributed by atoms with E-state index in [1.165, 1.54) is 11.1 Å². The van der Waals surface area contributed by atoms with E-state index in [0.29, 0.717) is 35.8 Å². The fourth-order valence-corrected chi connectivity index (χ4v) is 5.19. The Balaban J connectivity index is 1.15. The summed E-state index contributed by atoms with van der Waals surface area (Å²) in [5.74, 6) is -1.08. The molecule has 3 aromatic rings. The second-order valence-electron chi connectivity index (χ2n) is 9.63. The number of aromatic amines is 1. The van der Waals surface area contributed by atoms with Gasteiger partial charge in [0, 0.05) is 41.7 Å². The zero-order valence-corrected chi connectivity index (χ0v) is 20.9. The van der Waals surface area contributed by atoms with Crippen LogP contribution in [0.4, 0.5) is 0 Å². The molecule has 204 valence electrons. The molecule has 4 atom stereocenters. The monoisotopic (exact) mass is 536 g/mol. The molecule has 12 heteroatoms. The van der Waals surface area contributed by atoms with E-state index in [1.54, 1.807) is 24.3 Å². The highest BCUT2D eigenvalue weighted by molar-refractivity contribution is 6.25. The summed E-state index contributed by atoms with van der Waals surface area (Å²) in [5, 5.41) is 24.2. The van der Waals surface area contributed by atoms with E-state index < -0.39 is 48.2 Å². The van der Waals surface area contributed by atoms with Crippen LogP contribution in [0.2, 0.25) is 0 Å². The van der Waals surface area contributed by atoms with Crippen molar-refractivity contribution in [3.63, 3.8) is 0 Å². The first kappa shape index (κ1) is 26.5. The number of carbonyl (C=O) groups is 3. The molecular formula is C27H28N4O8. The predicted molar refractivity (Wildman–Crippen MR) is 138 cm³/mol. The summed E-state index contributed by atoms with van der Waals surface area (Å²) >= 11 is 0. The number of nitrogens with one attached hydrogen (secondary N) is 2. The van der Waals surface area contributed by atoms with Gasteiger partial charge in [0.05, 0.1) is 6.61 Å². The van der Waals surface area contributed by atoms with Crippen molar-refractivity contribution >= 4 is 28.5 Å². The number of nitrogens with zero attached hydrogens (tertiary/aromatic N) is 2. The van der Waals surface area contributed by atoms with Gasteiger partial charge >= 0.3 is 5.69 Å². The van der Waals surface area contributed by atoms with E-state index in [2.05, 4.69) is 10.3 Å². The Morgan fingerprint density at radius 2 is 1.67 bits per heavy atom. The molecule has 1 saturated heterocycles. The van der Waals surface area contributed by atoms with Crippen molar-refractivity contribution in [2.24, 2.45) is 0 Å². The van der Waals surface area contributed by atoms with E-state index in [4.69, 9.17) is 4.74 Å². The second-order valence-corrected chi connectivity index (χ2v) is 9.63. The number of imide groups is 1. The number of aliphatic hydroxyl groups is 2. The van der Waals surface area contributed by atoms with Gasteiger partial charge in [0.1, 0.15) is 18.2 Å². The Hall–Kier alpha value is -4.13. The van der Waals surface area contributed by atoms with Gasteiger partial charge in [-0.15, -0.1) is 0 Å². The zero-order valence-electron chi connectivity index (χ0n) is 20.9. The van der Waals surface area contributed by atoms with Gasteiger partial charge in [0.2, 0.25) is 5.91 Å². The minimum atomic E-state index is -1.29. The maximum absolute atomic E-state index is 13.0. The van der Waals surface area contributed by atoms with Crippen molar-refractivity contribution in [3.8, 4) is 0 Å². The molecule has 0 aliphatic carbocycles. The smallest absolute Gasteiger partial charge is 0.330 e. The third-order valence-electron chi connectivity index (χ3n) is 7.14. The van der Waals surface area contributed by atoms with Gasteiger partial charge in [-0.3, -0.25) is 33.6 Å². The lowest BCUT2D eigenvalue weighted by Crippen LogP contribution is -2.48. The van der Waals surface area contributed by atoms with Crippen LogP contribution in [-0.4, -0.2) is 73.8 Å². The molecule has 4 N–H and O–H groups in total. The van der Waals surface area contributed by atoms with Crippen molar-refractivity contribution in [2.75, 3.05) is 13.2 Å². The fraction of sp³-hybridized carbons (Fsp3) is 0.370. The number of H-pyrrole nitrogens is 1. The van der Waals surface area contributed by atoms with Crippen LogP contribution in [-0.2, 0) is 9.53 Å². The number of benzene rings is 2. The van der Waals surface area contributed by atoms with Crippen LogP contribution in [0.1, 0.15) is 52.6 Å². The van der Waals surface area contributed by atoms with Crippen molar-refractivity contribution in [1.82, 2.24) is 19.8 Å². The molecule has 2 aliphatic rings. The van der Waals surface area contributed by atoms with Gasteiger partial charge in [0.25, 0.3) is 17.4 Å².